The van der Waals surface area contributed by atoms with E-state index < -0.39 is 67.4 Å². The number of sulfonamides is 1. The van der Waals surface area contributed by atoms with Gasteiger partial charge in [-0.15, -0.1) is 0 Å². The molecular formula is C16H13F6N3O3S. The Labute approximate surface area is 160 Å². The highest BCUT2D eigenvalue weighted by Crippen LogP contribution is 2.25. The van der Waals surface area contributed by atoms with Crippen molar-refractivity contribution in [3.8, 4) is 0 Å². The maximum Gasteiger partial charge on any atom is 0.404 e. The second-order valence-electron chi connectivity index (χ2n) is 5.85. The van der Waals surface area contributed by atoms with E-state index in [1.807, 2.05) is 5.32 Å². The number of amides is 1. The summed E-state index contributed by atoms with van der Waals surface area (Å²) in [5.41, 5.74) is 4.18. The van der Waals surface area contributed by atoms with E-state index in [0.717, 1.165) is 12.1 Å². The van der Waals surface area contributed by atoms with Crippen LogP contribution in [0, 0.1) is 17.5 Å². The number of benzene rings is 2. The van der Waals surface area contributed by atoms with Gasteiger partial charge in [0.05, 0.1) is 5.69 Å². The molecular weight excluding hydrogens is 428 g/mol. The first-order chi connectivity index (χ1) is 13.2. The SMILES string of the molecule is CC(NS(=O)(=O)c1cc(C(=O)Nc2cc(F)c(F)c(F)c2)ccc1N)C(F)(F)F. The van der Waals surface area contributed by atoms with Gasteiger partial charge in [-0.1, -0.05) is 0 Å². The smallest absolute Gasteiger partial charge is 0.398 e. The summed E-state index contributed by atoms with van der Waals surface area (Å²) in [4.78, 5) is 11.4. The first-order valence-electron chi connectivity index (χ1n) is 7.67. The molecule has 158 valence electrons. The van der Waals surface area contributed by atoms with Gasteiger partial charge in [0.15, 0.2) is 17.5 Å². The van der Waals surface area contributed by atoms with Crippen molar-refractivity contribution in [3.05, 3.63) is 53.3 Å². The zero-order valence-electron chi connectivity index (χ0n) is 14.4. The first kappa shape index (κ1) is 22.5. The first-order valence-corrected chi connectivity index (χ1v) is 9.15. The lowest BCUT2D eigenvalue weighted by atomic mass is 10.2. The minimum absolute atomic E-state index is 0.399. The topological polar surface area (TPSA) is 101 Å². The van der Waals surface area contributed by atoms with Crippen LogP contribution in [0.15, 0.2) is 35.2 Å². The van der Waals surface area contributed by atoms with E-state index in [1.54, 1.807) is 0 Å². The molecule has 2 rings (SSSR count). The average Bonchev–Trinajstić information content (AvgIpc) is 2.58. The van der Waals surface area contributed by atoms with Crippen LogP contribution < -0.4 is 15.8 Å². The lowest BCUT2D eigenvalue weighted by molar-refractivity contribution is -0.147. The van der Waals surface area contributed by atoms with E-state index in [2.05, 4.69) is 0 Å². The van der Waals surface area contributed by atoms with Crippen LogP contribution in [0.3, 0.4) is 0 Å². The molecule has 0 aliphatic heterocycles. The fourth-order valence-corrected chi connectivity index (χ4v) is 3.49. The average molecular weight is 441 g/mol. The molecule has 0 spiro atoms. The Kier molecular flexibility index (Phi) is 6.13. The molecule has 0 heterocycles. The number of nitrogen functional groups attached to an aromatic ring is 1. The Morgan fingerprint density at radius 2 is 1.62 bits per heavy atom. The quantitative estimate of drug-likeness (QED) is 0.377. The molecule has 2 aromatic rings. The van der Waals surface area contributed by atoms with Gasteiger partial charge in [-0.25, -0.2) is 21.6 Å². The third-order valence-corrected chi connectivity index (χ3v) is 5.23. The number of halogens is 6. The molecule has 2 aromatic carbocycles. The van der Waals surface area contributed by atoms with Gasteiger partial charge < -0.3 is 11.1 Å². The van der Waals surface area contributed by atoms with E-state index in [-0.39, 0.29) is 0 Å². The van der Waals surface area contributed by atoms with Crippen molar-refractivity contribution in [2.75, 3.05) is 11.1 Å². The van der Waals surface area contributed by atoms with Gasteiger partial charge in [0, 0.05) is 23.4 Å². The Morgan fingerprint density at radius 1 is 1.07 bits per heavy atom. The van der Waals surface area contributed by atoms with Gasteiger partial charge in [0.2, 0.25) is 10.0 Å². The molecule has 6 nitrogen and oxygen atoms in total. The fraction of sp³-hybridized carbons (Fsp3) is 0.188. The van der Waals surface area contributed by atoms with Gasteiger partial charge in [-0.3, -0.25) is 4.79 Å². The number of carbonyl (C=O) groups is 1. The van der Waals surface area contributed by atoms with Crippen molar-refractivity contribution in [1.29, 1.82) is 0 Å². The largest absolute Gasteiger partial charge is 0.404 e. The summed E-state index contributed by atoms with van der Waals surface area (Å²) in [7, 11) is -4.77. The van der Waals surface area contributed by atoms with Crippen LogP contribution in [0.2, 0.25) is 0 Å². The van der Waals surface area contributed by atoms with Crippen LogP contribution in [-0.2, 0) is 10.0 Å². The second kappa shape index (κ2) is 7.91. The van der Waals surface area contributed by atoms with Crippen LogP contribution in [-0.4, -0.2) is 26.5 Å². The molecule has 1 atom stereocenters. The van der Waals surface area contributed by atoms with Crippen molar-refractivity contribution in [2.24, 2.45) is 0 Å². The summed E-state index contributed by atoms with van der Waals surface area (Å²) in [6.07, 6.45) is -4.87. The Balaban J connectivity index is 2.34. The van der Waals surface area contributed by atoms with Crippen LogP contribution in [0.25, 0.3) is 0 Å². The van der Waals surface area contributed by atoms with Gasteiger partial charge in [0.1, 0.15) is 10.9 Å². The highest BCUT2D eigenvalue weighted by molar-refractivity contribution is 7.89. The monoisotopic (exact) mass is 441 g/mol. The highest BCUT2D eigenvalue weighted by Gasteiger charge is 2.39. The van der Waals surface area contributed by atoms with Crippen molar-refractivity contribution in [2.45, 2.75) is 24.0 Å². The van der Waals surface area contributed by atoms with E-state index in [1.165, 1.54) is 4.72 Å². The molecule has 0 bridgehead atoms. The molecule has 0 aromatic heterocycles. The van der Waals surface area contributed by atoms with Crippen LogP contribution in [0.5, 0.6) is 0 Å². The van der Waals surface area contributed by atoms with Gasteiger partial charge in [0.25, 0.3) is 5.91 Å². The van der Waals surface area contributed by atoms with Crippen LogP contribution in [0.1, 0.15) is 17.3 Å². The molecule has 0 aliphatic carbocycles. The molecule has 1 unspecified atom stereocenters. The number of hydrogen-bond acceptors (Lipinski definition) is 4. The van der Waals surface area contributed by atoms with E-state index in [9.17, 15) is 39.6 Å². The third kappa shape index (κ3) is 5.17. The van der Waals surface area contributed by atoms with Crippen molar-refractivity contribution in [1.82, 2.24) is 4.72 Å². The minimum Gasteiger partial charge on any atom is -0.398 e. The maximum atomic E-state index is 13.2. The molecule has 0 fully saturated rings. The lowest BCUT2D eigenvalue weighted by Crippen LogP contribution is -2.43. The standard InChI is InChI=1S/C16H13F6N3O3S/c1-7(16(20,21)22)25-29(27,28)13-4-8(2-3-12(13)23)15(26)24-9-5-10(17)14(19)11(18)6-9/h2-7,25H,23H2,1H3,(H,24,26). The van der Waals surface area contributed by atoms with E-state index >= 15 is 0 Å². The number of alkyl halides is 3. The predicted molar refractivity (Wildman–Crippen MR) is 91.0 cm³/mol. The number of hydrogen-bond donors (Lipinski definition) is 3. The van der Waals surface area contributed by atoms with E-state index in [4.69, 9.17) is 5.73 Å². The summed E-state index contributed by atoms with van der Waals surface area (Å²) < 4.78 is 103. The third-order valence-electron chi connectivity index (χ3n) is 3.63. The normalized spacial score (nSPS) is 13.2. The maximum absolute atomic E-state index is 13.2. The van der Waals surface area contributed by atoms with Crippen LogP contribution >= 0.6 is 0 Å². The van der Waals surface area contributed by atoms with Crippen LogP contribution in [0.4, 0.5) is 37.7 Å². The molecule has 0 saturated heterocycles. The predicted octanol–water partition coefficient (Wildman–Crippen LogP) is 3.17. The highest BCUT2D eigenvalue weighted by atomic mass is 32.2. The number of nitrogens with two attached hydrogens (primary N) is 1. The Hall–Kier alpha value is -2.80. The molecule has 0 radical (unpaired) electrons. The van der Waals surface area contributed by atoms with Gasteiger partial charge in [-0.05, 0) is 25.1 Å². The Bertz CT molecular complexity index is 1030. The number of nitrogens with one attached hydrogen (secondary N) is 2. The fourth-order valence-electron chi connectivity index (χ4n) is 2.10. The van der Waals surface area contributed by atoms with Crippen molar-refractivity contribution < 1.29 is 39.6 Å². The minimum atomic E-state index is -4.87. The Morgan fingerprint density at radius 3 is 2.14 bits per heavy atom. The number of rotatable bonds is 5. The summed E-state index contributed by atoms with van der Waals surface area (Å²) in [6.45, 7) is 0.571. The molecule has 0 aliphatic rings. The van der Waals surface area contributed by atoms with Crippen molar-refractivity contribution in [3.63, 3.8) is 0 Å². The summed E-state index contributed by atoms with van der Waals surface area (Å²) in [5.74, 6) is -5.98. The zero-order valence-corrected chi connectivity index (χ0v) is 15.3. The number of anilines is 2. The molecule has 13 heteroatoms. The summed E-state index contributed by atoms with van der Waals surface area (Å²) >= 11 is 0. The van der Waals surface area contributed by atoms with Crippen molar-refractivity contribution >= 4 is 27.3 Å². The molecule has 0 saturated carbocycles. The molecule has 29 heavy (non-hydrogen) atoms. The van der Waals surface area contributed by atoms with E-state index in [0.29, 0.717) is 25.1 Å². The lowest BCUT2D eigenvalue weighted by Gasteiger charge is -2.18. The molecule has 1 amide bonds. The molecule has 4 N–H and O–H groups in total. The summed E-state index contributed by atoms with van der Waals surface area (Å²) in [5, 5.41) is 2.01. The zero-order chi connectivity index (χ0) is 22.1. The van der Waals surface area contributed by atoms with Gasteiger partial charge in [-0.2, -0.15) is 17.9 Å². The second-order valence-corrected chi connectivity index (χ2v) is 7.53. The summed E-state index contributed by atoms with van der Waals surface area (Å²) in [6, 6.07) is 1.21. The number of carbonyl (C=O) groups excluding carboxylic acids is 1. The van der Waals surface area contributed by atoms with Gasteiger partial charge >= 0.3 is 6.18 Å².